The maximum absolute atomic E-state index is 12.5. The first-order chi connectivity index (χ1) is 16.1. The van der Waals surface area contributed by atoms with Gasteiger partial charge in [0, 0.05) is 51.5 Å². The van der Waals surface area contributed by atoms with E-state index in [0.717, 1.165) is 13.0 Å². The maximum atomic E-state index is 12.5. The molecular formula is C27H50N4O2. The number of nitrogens with zero attached hydrogens (tertiary/aromatic N) is 2. The van der Waals surface area contributed by atoms with Crippen LogP contribution >= 0.6 is 0 Å². The Morgan fingerprint density at radius 2 is 1.45 bits per heavy atom. The van der Waals surface area contributed by atoms with Crippen molar-refractivity contribution in [2.75, 3.05) is 32.7 Å². The molecule has 0 aliphatic heterocycles. The summed E-state index contributed by atoms with van der Waals surface area (Å²) in [6.07, 6.45) is 21.5. The lowest BCUT2D eigenvalue weighted by molar-refractivity contribution is -0.131. The number of hydrogen-bond donors (Lipinski definition) is 2. The summed E-state index contributed by atoms with van der Waals surface area (Å²) in [5.41, 5.74) is 0. The molecule has 0 spiro atoms. The summed E-state index contributed by atoms with van der Waals surface area (Å²) in [5.74, 6) is -0.0642. The van der Waals surface area contributed by atoms with Crippen LogP contribution < -0.4 is 10.6 Å². The van der Waals surface area contributed by atoms with Gasteiger partial charge in [-0.2, -0.15) is 0 Å². The van der Waals surface area contributed by atoms with Gasteiger partial charge in [-0.15, -0.1) is 0 Å². The van der Waals surface area contributed by atoms with E-state index in [1.54, 1.807) is 6.20 Å². The summed E-state index contributed by atoms with van der Waals surface area (Å²) in [4.78, 5) is 27.4. The highest BCUT2D eigenvalue weighted by Crippen LogP contribution is 2.10. The molecule has 6 heteroatoms. The van der Waals surface area contributed by atoms with E-state index in [9.17, 15) is 9.59 Å². The molecule has 6 nitrogen and oxygen atoms in total. The van der Waals surface area contributed by atoms with Crippen molar-refractivity contribution < 1.29 is 9.59 Å². The Morgan fingerprint density at radius 3 is 2.03 bits per heavy atom. The van der Waals surface area contributed by atoms with Gasteiger partial charge in [0.05, 0.1) is 0 Å². The molecule has 0 aromatic rings. The molecule has 33 heavy (non-hydrogen) atoms. The highest BCUT2D eigenvalue weighted by Gasteiger charge is 2.11. The molecule has 0 heterocycles. The van der Waals surface area contributed by atoms with Gasteiger partial charge in [0.1, 0.15) is 0 Å². The molecule has 0 saturated heterocycles. The number of amides is 2. The lowest BCUT2D eigenvalue weighted by Gasteiger charge is -2.22. The molecule has 0 unspecified atom stereocenters. The van der Waals surface area contributed by atoms with Crippen LogP contribution in [0.2, 0.25) is 0 Å². The highest BCUT2D eigenvalue weighted by atomic mass is 16.2. The predicted octanol–water partition coefficient (Wildman–Crippen LogP) is 5.34. The lowest BCUT2D eigenvalue weighted by atomic mass is 10.1. The van der Waals surface area contributed by atoms with Crippen molar-refractivity contribution >= 4 is 11.8 Å². The van der Waals surface area contributed by atoms with E-state index in [1.807, 2.05) is 29.1 Å². The van der Waals surface area contributed by atoms with Crippen molar-refractivity contribution in [3.05, 3.63) is 37.8 Å². The molecule has 0 aliphatic carbocycles. The summed E-state index contributed by atoms with van der Waals surface area (Å²) in [5, 5.41) is 6.07. The Bertz CT molecular complexity index is 548. The molecule has 0 saturated carbocycles. The Hall–Kier alpha value is -2.24. The van der Waals surface area contributed by atoms with E-state index in [1.165, 1.54) is 70.3 Å². The molecule has 190 valence electrons. The molecular weight excluding hydrogens is 412 g/mol. The summed E-state index contributed by atoms with van der Waals surface area (Å²) in [7, 11) is 0. The number of carbonyl (C=O) groups excluding carboxylic acids is 2. The molecule has 0 aliphatic rings. The van der Waals surface area contributed by atoms with Crippen molar-refractivity contribution in [3.63, 3.8) is 0 Å². The van der Waals surface area contributed by atoms with Crippen LogP contribution in [-0.2, 0) is 9.59 Å². The zero-order valence-electron chi connectivity index (χ0n) is 21.5. The zero-order valence-corrected chi connectivity index (χ0v) is 21.5. The van der Waals surface area contributed by atoms with Crippen LogP contribution in [0.4, 0.5) is 0 Å². The minimum atomic E-state index is -0.181. The molecule has 2 N–H and O–H groups in total. The first-order valence-electron chi connectivity index (χ1n) is 13.0. The minimum absolute atomic E-state index is 0.117. The second kappa shape index (κ2) is 22.9. The zero-order chi connectivity index (χ0) is 24.6. The van der Waals surface area contributed by atoms with Gasteiger partial charge in [0.25, 0.3) is 0 Å². The largest absolute Gasteiger partial charge is 0.390 e. The van der Waals surface area contributed by atoms with Gasteiger partial charge in [-0.1, -0.05) is 77.9 Å². The van der Waals surface area contributed by atoms with Crippen LogP contribution in [0.1, 0.15) is 90.9 Å². The number of unbranched alkanes of at least 4 members (excludes halogenated alkanes) is 9. The van der Waals surface area contributed by atoms with Crippen molar-refractivity contribution in [2.45, 2.75) is 90.9 Å². The SMILES string of the molecule is C=CC(=O)NCCCN(CC)C(=O)CCN(C=C)/C=C\NCCCCCCCCCCCC. The molecule has 0 aromatic heterocycles. The summed E-state index contributed by atoms with van der Waals surface area (Å²) in [6, 6.07) is 0. The van der Waals surface area contributed by atoms with Crippen molar-refractivity contribution in [1.82, 2.24) is 20.4 Å². The molecule has 0 aromatic carbocycles. The maximum Gasteiger partial charge on any atom is 0.243 e. The summed E-state index contributed by atoms with van der Waals surface area (Å²) >= 11 is 0. The van der Waals surface area contributed by atoms with Crippen molar-refractivity contribution in [3.8, 4) is 0 Å². The number of rotatable bonds is 23. The van der Waals surface area contributed by atoms with Gasteiger partial charge < -0.3 is 20.4 Å². The average molecular weight is 463 g/mol. The second-order valence-electron chi connectivity index (χ2n) is 8.44. The first kappa shape index (κ1) is 30.8. The fourth-order valence-electron chi connectivity index (χ4n) is 3.57. The molecule has 2 amide bonds. The number of nitrogens with one attached hydrogen (secondary N) is 2. The van der Waals surface area contributed by atoms with Crippen LogP contribution in [-0.4, -0.2) is 54.3 Å². The summed E-state index contributed by atoms with van der Waals surface area (Å²) < 4.78 is 0. The van der Waals surface area contributed by atoms with Gasteiger partial charge >= 0.3 is 0 Å². The first-order valence-corrected chi connectivity index (χ1v) is 13.0. The Morgan fingerprint density at radius 1 is 0.818 bits per heavy atom. The lowest BCUT2D eigenvalue weighted by Crippen LogP contribution is -2.35. The Labute approximate surface area is 203 Å². The Kier molecular flexibility index (Phi) is 21.4. The third-order valence-corrected chi connectivity index (χ3v) is 5.70. The minimum Gasteiger partial charge on any atom is -0.390 e. The Balaban J connectivity index is 3.86. The molecule has 0 bridgehead atoms. The van der Waals surface area contributed by atoms with E-state index >= 15 is 0 Å². The smallest absolute Gasteiger partial charge is 0.243 e. The summed E-state index contributed by atoms with van der Waals surface area (Å²) in [6.45, 7) is 14.9. The molecule has 0 radical (unpaired) electrons. The van der Waals surface area contributed by atoms with E-state index in [4.69, 9.17) is 0 Å². The van der Waals surface area contributed by atoms with Crippen LogP contribution in [0, 0.1) is 0 Å². The van der Waals surface area contributed by atoms with Crippen LogP contribution in [0.15, 0.2) is 37.8 Å². The van der Waals surface area contributed by atoms with Gasteiger partial charge in [-0.25, -0.2) is 0 Å². The number of hydrogen-bond acceptors (Lipinski definition) is 4. The number of carbonyl (C=O) groups is 2. The fraction of sp³-hybridized carbons (Fsp3) is 0.704. The van der Waals surface area contributed by atoms with E-state index in [0.29, 0.717) is 32.6 Å². The molecule has 0 rings (SSSR count). The van der Waals surface area contributed by atoms with E-state index < -0.39 is 0 Å². The second-order valence-corrected chi connectivity index (χ2v) is 8.44. The normalized spacial score (nSPS) is 10.7. The van der Waals surface area contributed by atoms with Crippen molar-refractivity contribution in [2.24, 2.45) is 0 Å². The van der Waals surface area contributed by atoms with E-state index in [2.05, 4.69) is 30.7 Å². The topological polar surface area (TPSA) is 64.7 Å². The van der Waals surface area contributed by atoms with Gasteiger partial charge in [-0.3, -0.25) is 9.59 Å². The van der Waals surface area contributed by atoms with Gasteiger partial charge in [0.2, 0.25) is 11.8 Å². The third-order valence-electron chi connectivity index (χ3n) is 5.70. The predicted molar refractivity (Wildman–Crippen MR) is 141 cm³/mol. The molecule has 0 fully saturated rings. The van der Waals surface area contributed by atoms with Crippen LogP contribution in [0.25, 0.3) is 0 Å². The van der Waals surface area contributed by atoms with Crippen molar-refractivity contribution in [1.29, 1.82) is 0 Å². The average Bonchev–Trinajstić information content (AvgIpc) is 2.83. The monoisotopic (exact) mass is 462 g/mol. The molecule has 0 atom stereocenters. The van der Waals surface area contributed by atoms with Crippen LogP contribution in [0.3, 0.4) is 0 Å². The third kappa shape index (κ3) is 19.0. The standard InChI is InChI=1S/C27H50N4O2/c1-5-9-10-11-12-13-14-15-16-17-20-28-22-25-30(7-3)24-19-27(33)31(8-4)23-18-21-29-26(32)6-2/h6-7,22,25,28H,2-3,5,8-21,23-24H2,1,4H3,(H,29,32)/b25-22-. The van der Waals surface area contributed by atoms with Gasteiger partial charge in [0.15, 0.2) is 0 Å². The highest BCUT2D eigenvalue weighted by molar-refractivity contribution is 5.86. The quantitative estimate of drug-likeness (QED) is 0.159. The van der Waals surface area contributed by atoms with E-state index in [-0.39, 0.29) is 11.8 Å². The van der Waals surface area contributed by atoms with Crippen LogP contribution in [0.5, 0.6) is 0 Å². The fourth-order valence-corrected chi connectivity index (χ4v) is 3.57. The van der Waals surface area contributed by atoms with Gasteiger partial charge in [-0.05, 0) is 32.0 Å².